The highest BCUT2D eigenvalue weighted by molar-refractivity contribution is 6.04. The van der Waals surface area contributed by atoms with Gasteiger partial charge in [0.1, 0.15) is 5.78 Å². The second-order valence-corrected chi connectivity index (χ2v) is 10.7. The summed E-state index contributed by atoms with van der Waals surface area (Å²) < 4.78 is 0. The van der Waals surface area contributed by atoms with Crippen molar-refractivity contribution in [3.8, 4) is 0 Å². The van der Waals surface area contributed by atoms with Gasteiger partial charge in [-0.15, -0.1) is 0 Å². The molecule has 0 radical (unpaired) electrons. The van der Waals surface area contributed by atoms with Crippen molar-refractivity contribution in [2.24, 2.45) is 39.4 Å². The monoisotopic (exact) mass is 343 g/mol. The number of hydrogen-bond acceptors (Lipinski definition) is 3. The predicted molar refractivity (Wildman–Crippen MR) is 98.8 cm³/mol. The molecule has 0 aromatic rings. The highest BCUT2D eigenvalue weighted by Crippen LogP contribution is 2.66. The summed E-state index contributed by atoms with van der Waals surface area (Å²) in [5, 5.41) is 3.41. The quantitative estimate of drug-likeness (QED) is 0.784. The fourth-order valence-electron chi connectivity index (χ4n) is 6.90. The van der Waals surface area contributed by atoms with Gasteiger partial charge in [-0.3, -0.25) is 9.59 Å². The molecule has 4 bridgehead atoms. The molecule has 138 valence electrons. The van der Waals surface area contributed by atoms with Gasteiger partial charge >= 0.3 is 0 Å². The van der Waals surface area contributed by atoms with E-state index in [2.05, 4.69) is 46.9 Å². The fraction of sp³-hybridized carbons (Fsp3) is 0.818. The third kappa shape index (κ3) is 1.78. The molecule has 0 unspecified atom stereocenters. The number of fused-ring (bicyclic) bond motifs is 4. The molecule has 0 amide bonds. The second-order valence-electron chi connectivity index (χ2n) is 10.7. The highest BCUT2D eigenvalue weighted by atomic mass is 16.1. The predicted octanol–water partition coefficient (Wildman–Crippen LogP) is 4.13. The maximum atomic E-state index is 12.9. The Morgan fingerprint density at radius 3 is 2.12 bits per heavy atom. The number of allylic oxidation sites excluding steroid dienone is 1. The van der Waals surface area contributed by atoms with E-state index in [1.54, 1.807) is 0 Å². The zero-order valence-electron chi connectivity index (χ0n) is 16.7. The molecule has 0 spiro atoms. The van der Waals surface area contributed by atoms with E-state index in [1.807, 2.05) is 6.20 Å². The molecule has 0 aliphatic heterocycles. The van der Waals surface area contributed by atoms with Gasteiger partial charge in [0.15, 0.2) is 5.78 Å². The van der Waals surface area contributed by atoms with Crippen molar-refractivity contribution in [2.75, 3.05) is 6.54 Å². The molecule has 4 aliphatic rings. The van der Waals surface area contributed by atoms with E-state index in [0.29, 0.717) is 29.9 Å². The van der Waals surface area contributed by atoms with E-state index < -0.39 is 0 Å². The van der Waals surface area contributed by atoms with Gasteiger partial charge in [-0.2, -0.15) is 0 Å². The van der Waals surface area contributed by atoms with Crippen LogP contribution >= 0.6 is 0 Å². The molecule has 3 nitrogen and oxygen atoms in total. The lowest BCUT2D eigenvalue weighted by Crippen LogP contribution is -2.36. The first kappa shape index (κ1) is 17.3. The minimum Gasteiger partial charge on any atom is -0.390 e. The molecule has 3 heteroatoms. The van der Waals surface area contributed by atoms with Gasteiger partial charge in [0.05, 0.1) is 0 Å². The van der Waals surface area contributed by atoms with E-state index in [9.17, 15) is 9.59 Å². The lowest BCUT2D eigenvalue weighted by Gasteiger charge is -2.32. The van der Waals surface area contributed by atoms with Crippen LogP contribution in [0.3, 0.4) is 0 Å². The van der Waals surface area contributed by atoms with E-state index >= 15 is 0 Å². The summed E-state index contributed by atoms with van der Waals surface area (Å²) in [5.74, 6) is 1.70. The van der Waals surface area contributed by atoms with E-state index in [4.69, 9.17) is 0 Å². The first-order valence-corrected chi connectivity index (χ1v) is 10.0. The van der Waals surface area contributed by atoms with Crippen LogP contribution in [0.15, 0.2) is 11.8 Å². The van der Waals surface area contributed by atoms with Crippen molar-refractivity contribution in [1.82, 2.24) is 5.32 Å². The highest BCUT2D eigenvalue weighted by Gasteiger charge is 2.66. The number of carbonyl (C=O) groups excluding carboxylic acids is 2. The molecule has 4 aliphatic carbocycles. The van der Waals surface area contributed by atoms with Crippen LogP contribution in [0.25, 0.3) is 0 Å². The molecule has 25 heavy (non-hydrogen) atoms. The molecule has 0 heterocycles. The van der Waals surface area contributed by atoms with Crippen LogP contribution in [0, 0.1) is 39.4 Å². The number of Topliss-reactive ketones (excluding diaryl/α,β-unsaturated/α-hetero) is 2. The lowest BCUT2D eigenvalue weighted by molar-refractivity contribution is -0.131. The van der Waals surface area contributed by atoms with Crippen molar-refractivity contribution in [1.29, 1.82) is 0 Å². The number of carbonyl (C=O) groups is 2. The van der Waals surface area contributed by atoms with Crippen LogP contribution in [0.5, 0.6) is 0 Å². The lowest BCUT2D eigenvalue weighted by atomic mass is 9.70. The maximum absolute atomic E-state index is 12.9. The van der Waals surface area contributed by atoms with Crippen LogP contribution in [0.2, 0.25) is 0 Å². The Balaban J connectivity index is 1.50. The molecular weight excluding hydrogens is 310 g/mol. The zero-order valence-corrected chi connectivity index (χ0v) is 16.7. The summed E-state index contributed by atoms with van der Waals surface area (Å²) in [7, 11) is 0. The molecule has 0 saturated heterocycles. The Bertz CT molecular complexity index is 688. The average molecular weight is 344 g/mol. The molecule has 0 aromatic carbocycles. The Labute approximate surface area is 152 Å². The van der Waals surface area contributed by atoms with E-state index in [-0.39, 0.29) is 27.6 Å². The van der Waals surface area contributed by atoms with Crippen molar-refractivity contribution in [2.45, 2.75) is 67.2 Å². The van der Waals surface area contributed by atoms with Crippen LogP contribution in [-0.2, 0) is 9.59 Å². The summed E-state index contributed by atoms with van der Waals surface area (Å²) >= 11 is 0. The van der Waals surface area contributed by atoms with Gasteiger partial charge < -0.3 is 5.32 Å². The standard InChI is InChI=1S/C22H33NO2/c1-19(2)15-7-9-21(19,5)17(24)13(15)11-23-12-14-16-8-10-22(6,18(14)25)20(16,3)4/h11,14-16,23H,7-10,12H2,1-6H3/b13-11-/t14-,15+,16-,21-,22-/m1/s1. The minimum atomic E-state index is -0.205. The molecule has 1 N–H and O–H groups in total. The van der Waals surface area contributed by atoms with Crippen LogP contribution in [-0.4, -0.2) is 18.1 Å². The van der Waals surface area contributed by atoms with Gasteiger partial charge in [0.2, 0.25) is 0 Å². The topological polar surface area (TPSA) is 46.2 Å². The van der Waals surface area contributed by atoms with Crippen molar-refractivity contribution < 1.29 is 9.59 Å². The first-order valence-electron chi connectivity index (χ1n) is 10.0. The molecule has 0 aromatic heterocycles. The van der Waals surface area contributed by atoms with Crippen LogP contribution in [0.4, 0.5) is 0 Å². The zero-order chi connectivity index (χ0) is 18.4. The average Bonchev–Trinajstić information content (AvgIpc) is 3.01. The third-order valence-corrected chi connectivity index (χ3v) is 9.63. The number of nitrogens with one attached hydrogen (secondary N) is 1. The van der Waals surface area contributed by atoms with Crippen molar-refractivity contribution in [3.05, 3.63) is 11.8 Å². The second kappa shape index (κ2) is 4.78. The molecule has 5 atom stereocenters. The van der Waals surface area contributed by atoms with Gasteiger partial charge in [-0.1, -0.05) is 41.5 Å². The summed E-state index contributed by atoms with van der Waals surface area (Å²) in [6, 6.07) is 0. The molecule has 4 rings (SSSR count). The SMILES string of the molecule is CC1(C)[C@@H]2CC[C@]1(C)C(=O)[C@@H]2CN/C=C1\C(=O)[C@@]2(C)CC[C@@H]1C2(C)C. The van der Waals surface area contributed by atoms with Gasteiger partial charge in [0, 0.05) is 35.1 Å². The normalized spacial score (nSPS) is 47.9. The van der Waals surface area contributed by atoms with Gasteiger partial charge in [0.25, 0.3) is 0 Å². The van der Waals surface area contributed by atoms with Crippen molar-refractivity contribution in [3.63, 3.8) is 0 Å². The smallest absolute Gasteiger partial charge is 0.167 e. The summed E-state index contributed by atoms with van der Waals surface area (Å²) in [4.78, 5) is 25.9. The Morgan fingerprint density at radius 1 is 0.960 bits per heavy atom. The maximum Gasteiger partial charge on any atom is 0.167 e. The van der Waals surface area contributed by atoms with Crippen LogP contribution < -0.4 is 5.32 Å². The summed E-state index contributed by atoms with van der Waals surface area (Å²) in [5.41, 5.74) is 0.758. The van der Waals surface area contributed by atoms with Gasteiger partial charge in [-0.05, 0) is 48.3 Å². The Kier molecular flexibility index (Phi) is 3.31. The van der Waals surface area contributed by atoms with Crippen LogP contribution in [0.1, 0.15) is 67.2 Å². The summed E-state index contributed by atoms with van der Waals surface area (Å²) in [6.45, 7) is 14.0. The Morgan fingerprint density at radius 2 is 1.60 bits per heavy atom. The molecular formula is C22H33NO2. The van der Waals surface area contributed by atoms with Gasteiger partial charge in [-0.25, -0.2) is 0 Å². The summed E-state index contributed by atoms with van der Waals surface area (Å²) in [6.07, 6.45) is 6.28. The van der Waals surface area contributed by atoms with E-state index in [0.717, 1.165) is 31.3 Å². The third-order valence-electron chi connectivity index (χ3n) is 9.63. The minimum absolute atomic E-state index is 0.0509. The fourth-order valence-corrected chi connectivity index (χ4v) is 6.90. The number of hydrogen-bond donors (Lipinski definition) is 1. The van der Waals surface area contributed by atoms with Crippen molar-refractivity contribution >= 4 is 11.6 Å². The molecule has 4 fully saturated rings. The number of ketones is 2. The number of rotatable bonds is 3. The van der Waals surface area contributed by atoms with E-state index in [1.165, 1.54) is 0 Å². The largest absolute Gasteiger partial charge is 0.390 e. The first-order chi connectivity index (χ1) is 11.5. The molecule has 4 saturated carbocycles. The Hall–Kier alpha value is -1.12.